The summed E-state index contributed by atoms with van der Waals surface area (Å²) in [6, 6.07) is 3.86. The standard InChI is InChI=1S/C12H16N4O3S2/c1-2-10-13-14-12(19-10)15-5-7-16(8-6-15)21(17,18)11-4-3-9-20-11/h3-4,9H,2,5-8H2,1H3. The quantitative estimate of drug-likeness (QED) is 0.839. The molecule has 2 aromatic heterocycles. The fourth-order valence-corrected chi connectivity index (χ4v) is 4.74. The molecule has 21 heavy (non-hydrogen) atoms. The van der Waals surface area contributed by atoms with Gasteiger partial charge in [0.25, 0.3) is 10.0 Å². The maximum Gasteiger partial charge on any atom is 0.318 e. The number of thiophene rings is 1. The average Bonchev–Trinajstić information content (AvgIpc) is 3.19. The van der Waals surface area contributed by atoms with Crippen molar-refractivity contribution in [1.82, 2.24) is 14.5 Å². The Morgan fingerprint density at radius 2 is 2.05 bits per heavy atom. The minimum absolute atomic E-state index is 0.391. The second-order valence-electron chi connectivity index (χ2n) is 4.66. The fourth-order valence-electron chi connectivity index (χ4n) is 2.17. The van der Waals surface area contributed by atoms with Crippen molar-refractivity contribution in [3.05, 3.63) is 23.4 Å². The van der Waals surface area contributed by atoms with Crippen LogP contribution >= 0.6 is 11.3 Å². The van der Waals surface area contributed by atoms with E-state index in [2.05, 4.69) is 10.2 Å². The molecule has 1 saturated heterocycles. The highest BCUT2D eigenvalue weighted by molar-refractivity contribution is 7.91. The van der Waals surface area contributed by atoms with Crippen LogP contribution in [0.25, 0.3) is 0 Å². The van der Waals surface area contributed by atoms with E-state index in [-0.39, 0.29) is 0 Å². The number of piperazine rings is 1. The van der Waals surface area contributed by atoms with Crippen LogP contribution < -0.4 is 4.90 Å². The second-order valence-corrected chi connectivity index (χ2v) is 7.77. The maximum absolute atomic E-state index is 12.4. The zero-order valence-electron chi connectivity index (χ0n) is 11.6. The third-order valence-electron chi connectivity index (χ3n) is 3.36. The van der Waals surface area contributed by atoms with Gasteiger partial charge in [-0.15, -0.1) is 16.4 Å². The van der Waals surface area contributed by atoms with Crippen LogP contribution in [-0.2, 0) is 16.4 Å². The van der Waals surface area contributed by atoms with Gasteiger partial charge in [-0.1, -0.05) is 18.1 Å². The first-order valence-corrected chi connectivity index (χ1v) is 9.04. The molecule has 3 rings (SSSR count). The van der Waals surface area contributed by atoms with Gasteiger partial charge in [-0.05, 0) is 11.4 Å². The molecular weight excluding hydrogens is 312 g/mol. The van der Waals surface area contributed by atoms with E-state index in [9.17, 15) is 8.42 Å². The predicted molar refractivity (Wildman–Crippen MR) is 79.0 cm³/mol. The van der Waals surface area contributed by atoms with E-state index in [0.29, 0.717) is 48.7 Å². The lowest BCUT2D eigenvalue weighted by atomic mass is 10.4. The molecule has 0 saturated carbocycles. The Bertz CT molecular complexity index is 688. The number of aromatic nitrogens is 2. The monoisotopic (exact) mass is 328 g/mol. The normalized spacial score (nSPS) is 17.3. The van der Waals surface area contributed by atoms with Gasteiger partial charge in [-0.2, -0.15) is 4.31 Å². The van der Waals surface area contributed by atoms with Gasteiger partial charge in [0.2, 0.25) is 5.89 Å². The molecule has 0 aliphatic carbocycles. The summed E-state index contributed by atoms with van der Waals surface area (Å²) in [7, 11) is -3.37. The van der Waals surface area contributed by atoms with E-state index in [0.717, 1.165) is 0 Å². The number of nitrogens with zero attached hydrogens (tertiary/aromatic N) is 4. The van der Waals surface area contributed by atoms with Crippen LogP contribution in [0.4, 0.5) is 6.01 Å². The molecule has 1 aliphatic rings. The third-order valence-corrected chi connectivity index (χ3v) is 6.63. The lowest BCUT2D eigenvalue weighted by molar-refractivity contribution is 0.370. The van der Waals surface area contributed by atoms with Crippen LogP contribution in [0.5, 0.6) is 0 Å². The number of sulfonamides is 1. The lowest BCUT2D eigenvalue weighted by Gasteiger charge is -2.32. The Balaban J connectivity index is 1.68. The molecule has 0 N–H and O–H groups in total. The number of hydrogen-bond acceptors (Lipinski definition) is 7. The summed E-state index contributed by atoms with van der Waals surface area (Å²) in [5, 5.41) is 9.69. The van der Waals surface area contributed by atoms with Crippen molar-refractivity contribution >= 4 is 27.4 Å². The van der Waals surface area contributed by atoms with Crippen molar-refractivity contribution in [2.45, 2.75) is 17.6 Å². The van der Waals surface area contributed by atoms with E-state index in [4.69, 9.17) is 4.42 Å². The first-order valence-electron chi connectivity index (χ1n) is 6.72. The molecule has 0 amide bonds. The van der Waals surface area contributed by atoms with Gasteiger partial charge in [0.1, 0.15) is 4.21 Å². The first-order chi connectivity index (χ1) is 10.1. The van der Waals surface area contributed by atoms with Gasteiger partial charge in [-0.3, -0.25) is 0 Å². The Morgan fingerprint density at radius 1 is 1.29 bits per heavy atom. The molecule has 1 fully saturated rings. The Kier molecular flexibility index (Phi) is 3.96. The minimum Gasteiger partial charge on any atom is -0.408 e. The molecule has 0 radical (unpaired) electrons. The summed E-state index contributed by atoms with van der Waals surface area (Å²) in [5.41, 5.74) is 0. The summed E-state index contributed by atoms with van der Waals surface area (Å²) in [4.78, 5) is 1.92. The Morgan fingerprint density at radius 3 is 2.62 bits per heavy atom. The summed E-state index contributed by atoms with van der Waals surface area (Å²) in [6.45, 7) is 3.89. The van der Waals surface area contributed by atoms with Gasteiger partial charge < -0.3 is 9.32 Å². The maximum atomic E-state index is 12.4. The van der Waals surface area contributed by atoms with Crippen LogP contribution in [0.3, 0.4) is 0 Å². The first kappa shape index (κ1) is 14.5. The highest BCUT2D eigenvalue weighted by Gasteiger charge is 2.30. The number of hydrogen-bond donors (Lipinski definition) is 0. The van der Waals surface area contributed by atoms with E-state index in [1.165, 1.54) is 15.6 Å². The van der Waals surface area contributed by atoms with E-state index >= 15 is 0 Å². The van der Waals surface area contributed by atoms with Gasteiger partial charge in [-0.25, -0.2) is 8.42 Å². The molecule has 0 atom stereocenters. The van der Waals surface area contributed by atoms with E-state index in [1.807, 2.05) is 11.8 Å². The minimum atomic E-state index is -3.37. The van der Waals surface area contributed by atoms with Crippen LogP contribution in [0.15, 0.2) is 26.1 Å². The SMILES string of the molecule is CCc1nnc(N2CCN(S(=O)(=O)c3cccs3)CC2)o1. The summed E-state index contributed by atoms with van der Waals surface area (Å²) in [5.74, 6) is 0.596. The Hall–Kier alpha value is -1.45. The lowest BCUT2D eigenvalue weighted by Crippen LogP contribution is -2.48. The highest BCUT2D eigenvalue weighted by Crippen LogP contribution is 2.23. The van der Waals surface area contributed by atoms with Crippen molar-refractivity contribution in [1.29, 1.82) is 0 Å². The molecule has 114 valence electrons. The zero-order valence-corrected chi connectivity index (χ0v) is 13.2. The van der Waals surface area contributed by atoms with Gasteiger partial charge in [0.05, 0.1) is 0 Å². The molecule has 0 unspecified atom stereocenters. The van der Waals surface area contributed by atoms with Crippen molar-refractivity contribution in [3.8, 4) is 0 Å². The fraction of sp³-hybridized carbons (Fsp3) is 0.500. The number of aryl methyl sites for hydroxylation is 1. The zero-order chi connectivity index (χ0) is 14.9. The van der Waals surface area contributed by atoms with Crippen molar-refractivity contribution in [2.75, 3.05) is 31.1 Å². The molecule has 3 heterocycles. The molecule has 9 heteroatoms. The molecule has 1 aliphatic heterocycles. The van der Waals surface area contributed by atoms with Crippen molar-refractivity contribution in [2.24, 2.45) is 0 Å². The second kappa shape index (κ2) is 5.74. The molecule has 0 spiro atoms. The van der Waals surface area contributed by atoms with Crippen LogP contribution in [0.2, 0.25) is 0 Å². The molecule has 2 aromatic rings. The molecule has 0 aromatic carbocycles. The topological polar surface area (TPSA) is 79.5 Å². The van der Waals surface area contributed by atoms with Crippen molar-refractivity contribution < 1.29 is 12.8 Å². The van der Waals surface area contributed by atoms with Crippen LogP contribution in [-0.4, -0.2) is 49.1 Å². The largest absolute Gasteiger partial charge is 0.408 e. The highest BCUT2D eigenvalue weighted by atomic mass is 32.2. The van der Waals surface area contributed by atoms with Gasteiger partial charge in [0, 0.05) is 32.6 Å². The summed E-state index contributed by atoms with van der Waals surface area (Å²) < 4.78 is 32.2. The van der Waals surface area contributed by atoms with Crippen LogP contribution in [0, 0.1) is 0 Å². The predicted octanol–water partition coefficient (Wildman–Crippen LogP) is 1.20. The number of rotatable bonds is 4. The Labute approximate surface area is 127 Å². The summed E-state index contributed by atoms with van der Waals surface area (Å²) >= 11 is 1.24. The van der Waals surface area contributed by atoms with Gasteiger partial charge >= 0.3 is 6.01 Å². The van der Waals surface area contributed by atoms with E-state index in [1.54, 1.807) is 17.5 Å². The molecule has 0 bridgehead atoms. The van der Waals surface area contributed by atoms with Gasteiger partial charge in [0.15, 0.2) is 0 Å². The van der Waals surface area contributed by atoms with E-state index < -0.39 is 10.0 Å². The molecule has 7 nitrogen and oxygen atoms in total. The summed E-state index contributed by atoms with van der Waals surface area (Å²) in [6.07, 6.45) is 0.694. The number of anilines is 1. The van der Waals surface area contributed by atoms with Crippen molar-refractivity contribution in [3.63, 3.8) is 0 Å². The van der Waals surface area contributed by atoms with Crippen LogP contribution in [0.1, 0.15) is 12.8 Å². The average molecular weight is 328 g/mol. The molecular formula is C12H16N4O3S2. The third kappa shape index (κ3) is 2.81. The smallest absolute Gasteiger partial charge is 0.318 e.